The lowest BCUT2D eigenvalue weighted by molar-refractivity contribution is -0.135. The van der Waals surface area contributed by atoms with Crippen LogP contribution < -0.4 is 15.6 Å². The first-order valence-electron chi connectivity index (χ1n) is 11.6. The fourth-order valence-corrected chi connectivity index (χ4v) is 5.58. The maximum atomic E-state index is 13.5. The molecule has 9 nitrogen and oxygen atoms in total. The molecule has 2 aromatic heterocycles. The number of hydrogen-bond acceptors (Lipinski definition) is 8. The molecule has 2 saturated heterocycles. The zero-order valence-corrected chi connectivity index (χ0v) is 19.9. The molecule has 178 valence electrons. The molecule has 2 aliphatic heterocycles. The lowest BCUT2D eigenvalue weighted by Gasteiger charge is -2.25. The van der Waals surface area contributed by atoms with Gasteiger partial charge in [0.05, 0.1) is 5.52 Å². The van der Waals surface area contributed by atoms with E-state index >= 15 is 0 Å². The Hall–Kier alpha value is -3.11. The molecule has 4 heterocycles. The van der Waals surface area contributed by atoms with Crippen molar-refractivity contribution in [3.63, 3.8) is 0 Å². The summed E-state index contributed by atoms with van der Waals surface area (Å²) in [6.07, 6.45) is 6.16. The van der Waals surface area contributed by atoms with E-state index in [0.29, 0.717) is 22.5 Å². The van der Waals surface area contributed by atoms with Crippen molar-refractivity contribution >= 4 is 34.1 Å². The van der Waals surface area contributed by atoms with Crippen molar-refractivity contribution in [2.75, 3.05) is 13.1 Å². The summed E-state index contributed by atoms with van der Waals surface area (Å²) in [6.45, 7) is 5.11. The minimum atomic E-state index is -0.772. The van der Waals surface area contributed by atoms with Crippen molar-refractivity contribution in [3.05, 3.63) is 50.5 Å². The number of carbonyl (C=O) groups is 2. The van der Waals surface area contributed by atoms with Crippen molar-refractivity contribution in [1.82, 2.24) is 24.8 Å². The number of nitrogens with zero attached hydrogens (tertiary/aromatic N) is 4. The summed E-state index contributed by atoms with van der Waals surface area (Å²) in [5.74, 6) is 0.0214. The van der Waals surface area contributed by atoms with Gasteiger partial charge in [0, 0.05) is 24.0 Å². The SMILES string of the molecule is Cc1nc2cccc(OCc3ncc(CN4CCCCC4)s3)c2c(=O)n1C1CCC(=O)NC1=O. The number of ether oxygens (including phenoxy) is 1. The van der Waals surface area contributed by atoms with Crippen LogP contribution in [-0.2, 0) is 22.7 Å². The Morgan fingerprint density at radius 2 is 2.00 bits per heavy atom. The van der Waals surface area contributed by atoms with E-state index in [1.807, 2.05) is 6.20 Å². The number of rotatable bonds is 6. The number of carbonyl (C=O) groups excluding carboxylic acids is 2. The number of imide groups is 1. The van der Waals surface area contributed by atoms with Crippen LogP contribution in [0.4, 0.5) is 0 Å². The molecule has 1 unspecified atom stereocenters. The van der Waals surface area contributed by atoms with E-state index < -0.39 is 11.9 Å². The van der Waals surface area contributed by atoms with Crippen LogP contribution in [0.25, 0.3) is 10.9 Å². The number of hydrogen-bond donors (Lipinski definition) is 1. The molecule has 2 aliphatic rings. The smallest absolute Gasteiger partial charge is 0.265 e. The Morgan fingerprint density at radius 1 is 1.18 bits per heavy atom. The third-order valence-corrected chi connectivity index (χ3v) is 7.33. The van der Waals surface area contributed by atoms with Gasteiger partial charge in [0.1, 0.15) is 34.6 Å². The van der Waals surface area contributed by atoms with Gasteiger partial charge in [0.15, 0.2) is 0 Å². The predicted molar refractivity (Wildman–Crippen MR) is 128 cm³/mol. The monoisotopic (exact) mass is 481 g/mol. The molecule has 0 aliphatic carbocycles. The molecule has 0 radical (unpaired) electrons. The Bertz CT molecular complexity index is 1290. The van der Waals surface area contributed by atoms with Crippen molar-refractivity contribution in [3.8, 4) is 5.75 Å². The second-order valence-electron chi connectivity index (χ2n) is 8.80. The minimum Gasteiger partial charge on any atom is -0.486 e. The Morgan fingerprint density at radius 3 is 2.79 bits per heavy atom. The van der Waals surface area contributed by atoms with E-state index in [1.165, 1.54) is 28.7 Å². The molecule has 2 fully saturated rings. The van der Waals surface area contributed by atoms with E-state index in [2.05, 4.69) is 20.2 Å². The average molecular weight is 482 g/mol. The zero-order valence-electron chi connectivity index (χ0n) is 19.1. The van der Waals surface area contributed by atoms with Gasteiger partial charge in [-0.05, 0) is 51.4 Å². The van der Waals surface area contributed by atoms with Gasteiger partial charge >= 0.3 is 0 Å². The number of thiazole rings is 1. The first-order valence-corrected chi connectivity index (χ1v) is 12.5. The highest BCUT2D eigenvalue weighted by molar-refractivity contribution is 7.11. The molecule has 1 aromatic carbocycles. The van der Waals surface area contributed by atoms with E-state index in [0.717, 1.165) is 24.6 Å². The molecule has 1 N–H and O–H groups in total. The molecule has 3 aromatic rings. The Balaban J connectivity index is 1.38. The Kier molecular flexibility index (Phi) is 6.42. The molecule has 34 heavy (non-hydrogen) atoms. The van der Waals surface area contributed by atoms with Crippen LogP contribution in [0.5, 0.6) is 5.75 Å². The standard InChI is InChI=1S/C24H27N5O4S/c1-15-26-17-6-5-7-19(22(17)24(32)29(15)18-8-9-20(30)27-23(18)31)33-14-21-25-12-16(34-21)13-28-10-3-2-4-11-28/h5-7,12,18H,2-4,8-11,13-14H2,1H3,(H,27,30,31). The summed E-state index contributed by atoms with van der Waals surface area (Å²) in [5, 5.41) is 3.48. The fraction of sp³-hybridized carbons (Fsp3) is 0.458. The number of piperidine rings is 2. The van der Waals surface area contributed by atoms with E-state index in [1.54, 1.807) is 36.5 Å². The quantitative estimate of drug-likeness (QED) is 0.540. The van der Waals surface area contributed by atoms with Crippen LogP contribution in [0, 0.1) is 6.92 Å². The van der Waals surface area contributed by atoms with Crippen molar-refractivity contribution in [1.29, 1.82) is 0 Å². The van der Waals surface area contributed by atoms with Gasteiger partial charge in [-0.2, -0.15) is 0 Å². The van der Waals surface area contributed by atoms with Crippen molar-refractivity contribution < 1.29 is 14.3 Å². The van der Waals surface area contributed by atoms with Crippen LogP contribution in [0.15, 0.2) is 29.2 Å². The van der Waals surface area contributed by atoms with Crippen LogP contribution >= 0.6 is 11.3 Å². The lowest BCUT2D eigenvalue weighted by atomic mass is 10.1. The summed E-state index contributed by atoms with van der Waals surface area (Å²) in [6, 6.07) is 4.51. The summed E-state index contributed by atoms with van der Waals surface area (Å²) in [5.41, 5.74) is 0.158. The maximum Gasteiger partial charge on any atom is 0.265 e. The third kappa shape index (κ3) is 4.60. The Labute approximate surface area is 200 Å². The molecular formula is C24H27N5O4S. The number of likely N-dealkylation sites (tertiary alicyclic amines) is 1. The summed E-state index contributed by atoms with van der Waals surface area (Å²) < 4.78 is 7.41. The first kappa shape index (κ1) is 22.7. The molecule has 1 atom stereocenters. The second kappa shape index (κ2) is 9.63. The van der Waals surface area contributed by atoms with Crippen LogP contribution in [0.1, 0.15) is 53.9 Å². The molecule has 0 spiro atoms. The first-order chi connectivity index (χ1) is 16.5. The van der Waals surface area contributed by atoms with Gasteiger partial charge in [-0.25, -0.2) is 9.97 Å². The van der Waals surface area contributed by atoms with Gasteiger partial charge in [-0.3, -0.25) is 29.2 Å². The number of benzene rings is 1. The third-order valence-electron chi connectivity index (χ3n) is 6.37. The van der Waals surface area contributed by atoms with Gasteiger partial charge in [0.2, 0.25) is 11.8 Å². The lowest BCUT2D eigenvalue weighted by Crippen LogP contribution is -2.45. The number of aromatic nitrogens is 3. The topological polar surface area (TPSA) is 106 Å². The van der Waals surface area contributed by atoms with Crippen molar-refractivity contribution in [2.45, 2.75) is 58.2 Å². The van der Waals surface area contributed by atoms with Gasteiger partial charge < -0.3 is 4.74 Å². The molecule has 2 amide bonds. The summed E-state index contributed by atoms with van der Waals surface area (Å²) >= 11 is 1.62. The van der Waals surface area contributed by atoms with E-state index in [-0.39, 0.29) is 30.9 Å². The second-order valence-corrected chi connectivity index (χ2v) is 10.00. The number of amides is 2. The van der Waals surface area contributed by atoms with Gasteiger partial charge in [-0.1, -0.05) is 12.5 Å². The zero-order chi connectivity index (χ0) is 23.7. The molecule has 10 heteroatoms. The number of nitrogens with one attached hydrogen (secondary N) is 1. The molecule has 0 saturated carbocycles. The highest BCUT2D eigenvalue weighted by atomic mass is 32.1. The van der Waals surface area contributed by atoms with Crippen LogP contribution in [-0.4, -0.2) is 44.3 Å². The number of fused-ring (bicyclic) bond motifs is 1. The maximum absolute atomic E-state index is 13.5. The van der Waals surface area contributed by atoms with Crippen LogP contribution in [0.2, 0.25) is 0 Å². The summed E-state index contributed by atoms with van der Waals surface area (Å²) in [4.78, 5) is 50.2. The summed E-state index contributed by atoms with van der Waals surface area (Å²) in [7, 11) is 0. The van der Waals surface area contributed by atoms with Gasteiger partial charge in [-0.15, -0.1) is 11.3 Å². The normalized spacial score (nSPS) is 19.4. The average Bonchev–Trinajstić information content (AvgIpc) is 3.26. The number of aryl methyl sites for hydroxylation is 1. The van der Waals surface area contributed by atoms with Crippen molar-refractivity contribution in [2.24, 2.45) is 0 Å². The van der Waals surface area contributed by atoms with Crippen LogP contribution in [0.3, 0.4) is 0 Å². The van der Waals surface area contributed by atoms with Gasteiger partial charge in [0.25, 0.3) is 5.56 Å². The fourth-order valence-electron chi connectivity index (χ4n) is 4.70. The minimum absolute atomic E-state index is 0.183. The molecular weight excluding hydrogens is 454 g/mol. The molecule has 5 rings (SSSR count). The highest BCUT2D eigenvalue weighted by Gasteiger charge is 2.31. The largest absolute Gasteiger partial charge is 0.486 e. The molecule has 0 bridgehead atoms. The predicted octanol–water partition coefficient (Wildman–Crippen LogP) is 2.70. The van der Waals surface area contributed by atoms with E-state index in [9.17, 15) is 14.4 Å². The van der Waals surface area contributed by atoms with E-state index in [4.69, 9.17) is 4.74 Å². The highest BCUT2D eigenvalue weighted by Crippen LogP contribution is 2.26.